The minimum Gasteiger partial charge on any atom is -0.668 e. The van der Waals surface area contributed by atoms with Gasteiger partial charge in [-0.2, -0.15) is 13.2 Å². The number of hydrogen-bond acceptors (Lipinski definition) is 0. The monoisotopic (exact) mass is 200 g/mol. The molecule has 0 radical (unpaired) electrons. The van der Waals surface area contributed by atoms with Gasteiger partial charge in [-0.15, -0.1) is 0 Å². The number of benzene rings is 1. The smallest absolute Gasteiger partial charge is 0.416 e. The fraction of sp³-hybridized carbons (Fsp3) is 0.400. The molecule has 14 heavy (non-hydrogen) atoms. The fourth-order valence-electron chi connectivity index (χ4n) is 1.41. The Morgan fingerprint density at radius 2 is 1.86 bits per heavy atom. The molecule has 4 heteroatoms. The summed E-state index contributed by atoms with van der Waals surface area (Å²) in [5, 5.41) is 0. The van der Waals surface area contributed by atoms with Crippen LogP contribution in [0.2, 0.25) is 0 Å². The Balaban J connectivity index is 2.37. The molecule has 2 rings (SSSR count). The van der Waals surface area contributed by atoms with E-state index in [4.69, 9.17) is 5.73 Å². The third-order valence-corrected chi connectivity index (χ3v) is 2.49. The van der Waals surface area contributed by atoms with Crippen molar-refractivity contribution in [1.82, 2.24) is 0 Å². The standard InChI is InChI=1S/C10H9F3N/c11-10(12,13)8-3-1-2-7(6-8)9(14)4-5-9/h1-3,6,14H,4-5H2/q-1. The molecule has 1 aromatic rings. The van der Waals surface area contributed by atoms with E-state index in [1.165, 1.54) is 6.07 Å². The van der Waals surface area contributed by atoms with E-state index in [1.54, 1.807) is 6.07 Å². The lowest BCUT2D eigenvalue weighted by Crippen LogP contribution is -2.07. The van der Waals surface area contributed by atoms with Gasteiger partial charge < -0.3 is 5.73 Å². The summed E-state index contributed by atoms with van der Waals surface area (Å²) in [7, 11) is 0. The van der Waals surface area contributed by atoms with Crippen molar-refractivity contribution in [3.63, 3.8) is 0 Å². The van der Waals surface area contributed by atoms with Gasteiger partial charge in [0.2, 0.25) is 0 Å². The van der Waals surface area contributed by atoms with Gasteiger partial charge in [0.1, 0.15) is 0 Å². The molecule has 1 aliphatic rings. The molecule has 1 fully saturated rings. The Morgan fingerprint density at radius 3 is 2.36 bits per heavy atom. The molecule has 1 aromatic carbocycles. The van der Waals surface area contributed by atoms with E-state index in [0.717, 1.165) is 12.1 Å². The topological polar surface area (TPSA) is 23.8 Å². The van der Waals surface area contributed by atoms with Crippen LogP contribution in [-0.2, 0) is 11.7 Å². The summed E-state index contributed by atoms with van der Waals surface area (Å²) in [5.74, 6) is 0. The van der Waals surface area contributed by atoms with E-state index in [9.17, 15) is 13.2 Å². The number of nitrogens with one attached hydrogen (secondary N) is 1. The summed E-state index contributed by atoms with van der Waals surface area (Å²) >= 11 is 0. The number of halogens is 3. The van der Waals surface area contributed by atoms with Crippen LogP contribution in [0.1, 0.15) is 24.0 Å². The van der Waals surface area contributed by atoms with Crippen LogP contribution in [0, 0.1) is 0 Å². The van der Waals surface area contributed by atoms with Crippen molar-refractivity contribution >= 4 is 0 Å². The summed E-state index contributed by atoms with van der Waals surface area (Å²) < 4.78 is 36.9. The van der Waals surface area contributed by atoms with Crippen LogP contribution in [0.3, 0.4) is 0 Å². The molecule has 0 amide bonds. The first-order valence-corrected chi connectivity index (χ1v) is 4.35. The van der Waals surface area contributed by atoms with Crippen LogP contribution in [0.25, 0.3) is 5.73 Å². The normalized spacial score (nSPS) is 19.4. The largest absolute Gasteiger partial charge is 0.668 e. The summed E-state index contributed by atoms with van der Waals surface area (Å²) in [6.07, 6.45) is -2.98. The Morgan fingerprint density at radius 1 is 1.21 bits per heavy atom. The lowest BCUT2D eigenvalue weighted by atomic mass is 10.0. The Kier molecular flexibility index (Phi) is 1.86. The van der Waals surface area contributed by atoms with Gasteiger partial charge in [0.05, 0.1) is 5.56 Å². The molecule has 0 aliphatic heterocycles. The molecule has 1 aliphatic carbocycles. The van der Waals surface area contributed by atoms with Crippen molar-refractivity contribution in [2.45, 2.75) is 24.6 Å². The second kappa shape index (κ2) is 2.73. The van der Waals surface area contributed by atoms with Gasteiger partial charge in [-0.05, 0) is 6.07 Å². The summed E-state index contributed by atoms with van der Waals surface area (Å²) in [5.41, 5.74) is 6.79. The predicted octanol–water partition coefficient (Wildman–Crippen LogP) is 3.75. The first-order valence-electron chi connectivity index (χ1n) is 4.35. The molecule has 0 spiro atoms. The van der Waals surface area contributed by atoms with Crippen molar-refractivity contribution in [2.75, 3.05) is 0 Å². The minimum absolute atomic E-state index is 0.479. The molecular formula is C10H9F3N-. The zero-order chi connectivity index (χ0) is 10.4. The molecule has 0 aromatic heterocycles. The highest BCUT2D eigenvalue weighted by Crippen LogP contribution is 2.49. The summed E-state index contributed by atoms with van der Waals surface area (Å²) in [4.78, 5) is 0. The highest BCUT2D eigenvalue weighted by molar-refractivity contribution is 5.37. The number of hydrogen-bond donors (Lipinski definition) is 0. The zero-order valence-electron chi connectivity index (χ0n) is 7.36. The molecule has 0 saturated heterocycles. The lowest BCUT2D eigenvalue weighted by molar-refractivity contribution is -0.137. The highest BCUT2D eigenvalue weighted by Gasteiger charge is 2.35. The van der Waals surface area contributed by atoms with Crippen LogP contribution >= 0.6 is 0 Å². The van der Waals surface area contributed by atoms with Crippen LogP contribution in [0.15, 0.2) is 24.3 Å². The maximum atomic E-state index is 12.3. The molecule has 0 bridgehead atoms. The van der Waals surface area contributed by atoms with Crippen LogP contribution in [0.4, 0.5) is 13.2 Å². The summed E-state index contributed by atoms with van der Waals surface area (Å²) in [6.45, 7) is 0. The second-order valence-electron chi connectivity index (χ2n) is 3.66. The Bertz CT molecular complexity index is 332. The summed E-state index contributed by atoms with van der Waals surface area (Å²) in [6, 6.07) is 5.08. The van der Waals surface area contributed by atoms with Crippen LogP contribution in [0.5, 0.6) is 0 Å². The second-order valence-corrected chi connectivity index (χ2v) is 3.66. The molecule has 1 N–H and O–H groups in total. The molecule has 0 atom stereocenters. The number of rotatable bonds is 1. The number of alkyl halides is 3. The van der Waals surface area contributed by atoms with E-state index >= 15 is 0 Å². The SMILES string of the molecule is [NH-]C1(c2cccc(C(F)(F)F)c2)CC1. The van der Waals surface area contributed by atoms with Crippen molar-refractivity contribution in [2.24, 2.45) is 0 Å². The van der Waals surface area contributed by atoms with Gasteiger partial charge >= 0.3 is 6.18 Å². The van der Waals surface area contributed by atoms with Gasteiger partial charge in [0.25, 0.3) is 0 Å². The van der Waals surface area contributed by atoms with Crippen molar-refractivity contribution in [1.29, 1.82) is 0 Å². The van der Waals surface area contributed by atoms with Gasteiger partial charge in [0, 0.05) is 0 Å². The van der Waals surface area contributed by atoms with Crippen molar-refractivity contribution < 1.29 is 13.2 Å². The van der Waals surface area contributed by atoms with E-state index in [0.29, 0.717) is 18.4 Å². The van der Waals surface area contributed by atoms with E-state index in [1.807, 2.05) is 0 Å². The molecular weight excluding hydrogens is 191 g/mol. The Labute approximate surface area is 79.7 Å². The van der Waals surface area contributed by atoms with Gasteiger partial charge in [-0.3, -0.25) is 0 Å². The van der Waals surface area contributed by atoms with Gasteiger partial charge in [0.15, 0.2) is 0 Å². The molecule has 1 saturated carbocycles. The highest BCUT2D eigenvalue weighted by atomic mass is 19.4. The average molecular weight is 200 g/mol. The molecule has 0 heterocycles. The van der Waals surface area contributed by atoms with Gasteiger partial charge in [-0.25, -0.2) is 0 Å². The van der Waals surface area contributed by atoms with Crippen LogP contribution in [-0.4, -0.2) is 0 Å². The van der Waals surface area contributed by atoms with Crippen molar-refractivity contribution in [3.8, 4) is 0 Å². The third kappa shape index (κ3) is 1.62. The molecule has 76 valence electrons. The lowest BCUT2D eigenvalue weighted by Gasteiger charge is -2.20. The first kappa shape index (κ1) is 9.52. The third-order valence-electron chi connectivity index (χ3n) is 2.49. The van der Waals surface area contributed by atoms with E-state index in [2.05, 4.69) is 0 Å². The maximum Gasteiger partial charge on any atom is 0.416 e. The van der Waals surface area contributed by atoms with Crippen molar-refractivity contribution in [3.05, 3.63) is 41.1 Å². The van der Waals surface area contributed by atoms with Gasteiger partial charge in [-0.1, -0.05) is 42.1 Å². The maximum absolute atomic E-state index is 12.3. The Hall–Kier alpha value is -1.03. The van der Waals surface area contributed by atoms with Crippen LogP contribution < -0.4 is 0 Å². The van der Waals surface area contributed by atoms with E-state index in [-0.39, 0.29) is 0 Å². The zero-order valence-corrected chi connectivity index (χ0v) is 7.36. The molecule has 1 nitrogen and oxygen atoms in total. The minimum atomic E-state index is -4.30. The first-order chi connectivity index (χ1) is 6.42. The quantitative estimate of drug-likeness (QED) is 0.659. The fourth-order valence-corrected chi connectivity index (χ4v) is 1.41. The average Bonchev–Trinajstić information content (AvgIpc) is 2.84. The predicted molar refractivity (Wildman–Crippen MR) is 46.7 cm³/mol. The van der Waals surface area contributed by atoms with E-state index < -0.39 is 17.3 Å². The molecule has 0 unspecified atom stereocenters.